The van der Waals surface area contributed by atoms with Crippen molar-refractivity contribution in [3.05, 3.63) is 78.1 Å². The number of benzene rings is 2. The Morgan fingerprint density at radius 1 is 0.933 bits per heavy atom. The van der Waals surface area contributed by atoms with Crippen molar-refractivity contribution in [2.75, 3.05) is 29.9 Å². The number of carbonyl (C=O) groups is 2. The van der Waals surface area contributed by atoms with Crippen LogP contribution in [0.5, 0.6) is 11.5 Å². The summed E-state index contributed by atoms with van der Waals surface area (Å²) in [5, 5.41) is 2.92. The maximum atomic E-state index is 13.4. The second kappa shape index (κ2) is 17.6. The van der Waals surface area contributed by atoms with Crippen molar-refractivity contribution in [2.24, 2.45) is 5.41 Å². The Bertz CT molecular complexity index is 1350. The average molecular weight is 615 g/mol. The summed E-state index contributed by atoms with van der Waals surface area (Å²) < 4.78 is 5.84. The lowest BCUT2D eigenvalue weighted by Crippen LogP contribution is -2.57. The van der Waals surface area contributed by atoms with Gasteiger partial charge in [-0.05, 0) is 61.6 Å². The standard InChI is InChI=1S/C31H34N4O3.C3H8.2C2H6/c1-34-28-18-23(35-20-31(21-35)15-6-3-7-16-31)12-10-22(28)11-13-26(30(34)37)33-29(36)27-19-25(14-17-32-27)38-24-8-4-2-5-9-24;1-3-2;2*1-2/h2,4-5,8-10,12,14,17-19,26H,3,6-7,11,13,15-16,20-21H2,1H3,(H,33,36);3H2,1-2H3;2*1-2H3. The van der Waals surface area contributed by atoms with Gasteiger partial charge >= 0.3 is 0 Å². The van der Waals surface area contributed by atoms with Gasteiger partial charge in [-0.25, -0.2) is 0 Å². The number of pyridine rings is 1. The Labute approximate surface area is 271 Å². The van der Waals surface area contributed by atoms with Crippen molar-refractivity contribution in [2.45, 2.75) is 99.0 Å². The number of para-hydroxylation sites is 1. The summed E-state index contributed by atoms with van der Waals surface area (Å²) in [7, 11) is 1.81. The van der Waals surface area contributed by atoms with E-state index < -0.39 is 6.04 Å². The molecule has 1 unspecified atom stereocenters. The van der Waals surface area contributed by atoms with Crippen molar-refractivity contribution in [3.8, 4) is 11.5 Å². The first-order valence-electron chi connectivity index (χ1n) is 17.1. The number of anilines is 2. The lowest BCUT2D eigenvalue weighted by atomic mass is 9.68. The fourth-order valence-electron chi connectivity index (χ4n) is 6.20. The maximum absolute atomic E-state index is 13.4. The zero-order valence-corrected chi connectivity index (χ0v) is 28.6. The summed E-state index contributed by atoms with van der Waals surface area (Å²) >= 11 is 0. The molecule has 1 spiro atoms. The number of carbonyl (C=O) groups excluding carboxylic acids is 2. The fraction of sp³-hybridized carbons (Fsp3) is 0.500. The quantitative estimate of drug-likeness (QED) is 0.311. The monoisotopic (exact) mass is 614 g/mol. The number of likely N-dealkylation sites (N-methyl/N-ethyl adjacent to an activating group) is 1. The summed E-state index contributed by atoms with van der Waals surface area (Å²) in [4.78, 5) is 34.9. The van der Waals surface area contributed by atoms with E-state index in [-0.39, 0.29) is 17.5 Å². The zero-order chi connectivity index (χ0) is 32.8. The van der Waals surface area contributed by atoms with E-state index in [9.17, 15) is 9.59 Å². The molecule has 2 fully saturated rings. The molecule has 244 valence electrons. The van der Waals surface area contributed by atoms with Crippen LogP contribution in [-0.4, -0.2) is 43.0 Å². The molecule has 3 heterocycles. The highest BCUT2D eigenvalue weighted by molar-refractivity contribution is 6.02. The van der Waals surface area contributed by atoms with E-state index in [1.165, 1.54) is 44.2 Å². The Morgan fingerprint density at radius 2 is 1.60 bits per heavy atom. The van der Waals surface area contributed by atoms with Crippen molar-refractivity contribution < 1.29 is 14.3 Å². The first-order chi connectivity index (χ1) is 21.9. The third kappa shape index (κ3) is 9.09. The van der Waals surface area contributed by atoms with Gasteiger partial charge in [0.05, 0.1) is 0 Å². The second-order valence-corrected chi connectivity index (χ2v) is 11.7. The molecule has 3 aromatic rings. The lowest BCUT2D eigenvalue weighted by molar-refractivity contribution is -0.120. The zero-order valence-electron chi connectivity index (χ0n) is 28.6. The molecule has 2 aromatic carbocycles. The molecule has 7 heteroatoms. The topological polar surface area (TPSA) is 74.8 Å². The van der Waals surface area contributed by atoms with Gasteiger partial charge in [0.1, 0.15) is 23.2 Å². The molecule has 7 nitrogen and oxygen atoms in total. The summed E-state index contributed by atoms with van der Waals surface area (Å²) in [6, 6.07) is 18.5. The first-order valence-corrected chi connectivity index (χ1v) is 17.1. The Hall–Kier alpha value is -3.87. The van der Waals surface area contributed by atoms with Crippen LogP contribution in [0.4, 0.5) is 11.4 Å². The predicted molar refractivity (Wildman–Crippen MR) is 187 cm³/mol. The van der Waals surface area contributed by atoms with Crippen LogP contribution >= 0.6 is 0 Å². The molecule has 0 bridgehead atoms. The minimum atomic E-state index is -0.627. The largest absolute Gasteiger partial charge is 0.457 e. The molecule has 2 amide bonds. The number of nitrogens with one attached hydrogen (secondary N) is 1. The van der Waals surface area contributed by atoms with Gasteiger partial charge in [0.15, 0.2) is 0 Å². The number of hydrogen-bond acceptors (Lipinski definition) is 5. The summed E-state index contributed by atoms with van der Waals surface area (Å²) in [5.74, 6) is 0.690. The summed E-state index contributed by atoms with van der Waals surface area (Å²) in [5.41, 5.74) is 3.96. The third-order valence-electron chi connectivity index (χ3n) is 8.34. The smallest absolute Gasteiger partial charge is 0.270 e. The van der Waals surface area contributed by atoms with E-state index in [1.807, 2.05) is 58.0 Å². The van der Waals surface area contributed by atoms with Crippen LogP contribution < -0.4 is 19.9 Å². The van der Waals surface area contributed by atoms with Gasteiger partial charge in [0.2, 0.25) is 5.91 Å². The fourth-order valence-corrected chi connectivity index (χ4v) is 6.20. The molecule has 1 N–H and O–H groups in total. The number of fused-ring (bicyclic) bond motifs is 1. The third-order valence-corrected chi connectivity index (χ3v) is 8.34. The van der Waals surface area contributed by atoms with Gasteiger partial charge in [0.25, 0.3) is 5.91 Å². The SMILES string of the molecule is CC.CC.CCC.CN1C(=O)C(NC(=O)c2cc(Oc3ccccc3)ccn2)CCc2ccc(N3CC4(CCCCC4)C3)cc21. The Kier molecular flexibility index (Phi) is 13.9. The molecule has 1 atom stereocenters. The molecule has 3 aliphatic rings. The van der Waals surface area contributed by atoms with Gasteiger partial charge in [0, 0.05) is 49.2 Å². The van der Waals surface area contributed by atoms with Gasteiger partial charge in [-0.1, -0.05) is 91.5 Å². The van der Waals surface area contributed by atoms with E-state index in [1.54, 1.807) is 30.3 Å². The summed E-state index contributed by atoms with van der Waals surface area (Å²) in [6.07, 6.45) is 10.8. The van der Waals surface area contributed by atoms with Gasteiger partial charge in [-0.2, -0.15) is 0 Å². The molecule has 0 radical (unpaired) electrons. The molecular weight excluding hydrogens is 560 g/mol. The molecule has 2 aliphatic heterocycles. The predicted octanol–water partition coefficient (Wildman–Crippen LogP) is 8.82. The molecule has 1 aliphatic carbocycles. The van der Waals surface area contributed by atoms with Crippen molar-refractivity contribution >= 4 is 23.2 Å². The highest BCUT2D eigenvalue weighted by Gasteiger charge is 2.43. The van der Waals surface area contributed by atoms with Crippen molar-refractivity contribution in [3.63, 3.8) is 0 Å². The van der Waals surface area contributed by atoms with Crippen molar-refractivity contribution in [1.29, 1.82) is 0 Å². The number of nitrogens with zero attached hydrogens (tertiary/aromatic N) is 3. The van der Waals surface area contributed by atoms with E-state index >= 15 is 0 Å². The van der Waals surface area contributed by atoms with Gasteiger partial charge in [-0.15, -0.1) is 0 Å². The van der Waals surface area contributed by atoms with Crippen LogP contribution in [0.25, 0.3) is 0 Å². The Morgan fingerprint density at radius 3 is 2.27 bits per heavy atom. The molecule has 1 saturated carbocycles. The number of aryl methyl sites for hydroxylation is 1. The molecule has 6 rings (SSSR count). The normalized spacial score (nSPS) is 17.8. The van der Waals surface area contributed by atoms with E-state index in [2.05, 4.69) is 47.2 Å². The van der Waals surface area contributed by atoms with Crippen LogP contribution in [-0.2, 0) is 11.2 Å². The van der Waals surface area contributed by atoms with Crippen LogP contribution in [0, 0.1) is 5.41 Å². The van der Waals surface area contributed by atoms with Gasteiger partial charge < -0.3 is 19.9 Å². The highest BCUT2D eigenvalue weighted by Crippen LogP contribution is 2.46. The van der Waals surface area contributed by atoms with Crippen LogP contribution in [0.15, 0.2) is 66.9 Å². The molecule has 1 aromatic heterocycles. The minimum absolute atomic E-state index is 0.113. The number of hydrogen-bond donors (Lipinski definition) is 1. The Balaban J connectivity index is 0.000000733. The molecule has 45 heavy (non-hydrogen) atoms. The van der Waals surface area contributed by atoms with E-state index in [0.717, 1.165) is 24.3 Å². The minimum Gasteiger partial charge on any atom is -0.457 e. The molecular formula is C38H54N4O3. The van der Waals surface area contributed by atoms with Crippen LogP contribution in [0.2, 0.25) is 0 Å². The number of aromatic nitrogens is 1. The lowest BCUT2D eigenvalue weighted by Gasteiger charge is -2.53. The highest BCUT2D eigenvalue weighted by atomic mass is 16.5. The van der Waals surface area contributed by atoms with E-state index in [4.69, 9.17) is 4.74 Å². The van der Waals surface area contributed by atoms with E-state index in [0.29, 0.717) is 29.8 Å². The van der Waals surface area contributed by atoms with Crippen LogP contribution in [0.1, 0.15) is 103 Å². The first kappa shape index (κ1) is 35.6. The van der Waals surface area contributed by atoms with Crippen LogP contribution in [0.3, 0.4) is 0 Å². The summed E-state index contributed by atoms with van der Waals surface area (Å²) in [6.45, 7) is 14.5. The molecule has 1 saturated heterocycles. The number of rotatable bonds is 5. The second-order valence-electron chi connectivity index (χ2n) is 11.7. The number of ether oxygens (including phenoxy) is 1. The van der Waals surface area contributed by atoms with Crippen molar-refractivity contribution in [1.82, 2.24) is 10.3 Å². The average Bonchev–Trinajstić information content (AvgIpc) is 3.18. The van der Waals surface area contributed by atoms with Gasteiger partial charge in [-0.3, -0.25) is 14.6 Å². The maximum Gasteiger partial charge on any atom is 0.270 e. The number of amides is 2.